The number of rotatable bonds is 1. The van der Waals surface area contributed by atoms with Crippen LogP contribution in [0.15, 0.2) is 0 Å². The second kappa shape index (κ2) is 1.94. The van der Waals surface area contributed by atoms with Crippen LogP contribution in [0.5, 0.6) is 0 Å². The van der Waals surface area contributed by atoms with Crippen molar-refractivity contribution >= 4 is 0 Å². The largest absolute Gasteiger partial charge is 0.314 e. The topological polar surface area (TPSA) is 50.1 Å². The highest BCUT2D eigenvalue weighted by Crippen LogP contribution is 2.30. The first kappa shape index (κ1) is 5.65. The SMILES string of the molecule is NNC1C[C@@H]2C[C@H]1CN2. The molecule has 0 radical (unpaired) electrons. The first-order valence-corrected chi connectivity index (χ1v) is 3.59. The lowest BCUT2D eigenvalue weighted by molar-refractivity contribution is 0.373. The molecule has 2 bridgehead atoms. The molecule has 3 heteroatoms. The predicted molar refractivity (Wildman–Crippen MR) is 35.6 cm³/mol. The van der Waals surface area contributed by atoms with E-state index in [1.54, 1.807) is 0 Å². The van der Waals surface area contributed by atoms with Crippen LogP contribution in [0.25, 0.3) is 0 Å². The average Bonchev–Trinajstić information content (AvgIpc) is 2.45. The minimum absolute atomic E-state index is 0.594. The quantitative estimate of drug-likeness (QED) is 0.319. The van der Waals surface area contributed by atoms with Crippen LogP contribution in [0.1, 0.15) is 12.8 Å². The third kappa shape index (κ3) is 0.764. The Morgan fingerprint density at radius 3 is 2.67 bits per heavy atom. The van der Waals surface area contributed by atoms with Gasteiger partial charge in [-0.2, -0.15) is 0 Å². The number of nitrogens with one attached hydrogen (secondary N) is 2. The van der Waals surface area contributed by atoms with Gasteiger partial charge in [0.2, 0.25) is 0 Å². The summed E-state index contributed by atoms with van der Waals surface area (Å²) >= 11 is 0. The fraction of sp³-hybridized carbons (Fsp3) is 1.00. The van der Waals surface area contributed by atoms with Crippen LogP contribution in [0, 0.1) is 5.92 Å². The Morgan fingerprint density at radius 1 is 1.44 bits per heavy atom. The van der Waals surface area contributed by atoms with Crippen LogP contribution in [0.3, 0.4) is 0 Å². The number of hydrogen-bond acceptors (Lipinski definition) is 3. The minimum atomic E-state index is 0.594. The lowest BCUT2D eigenvalue weighted by Gasteiger charge is -2.20. The monoisotopic (exact) mass is 127 g/mol. The van der Waals surface area contributed by atoms with Crippen LogP contribution in [0.4, 0.5) is 0 Å². The van der Waals surface area contributed by atoms with Crippen LogP contribution >= 0.6 is 0 Å². The summed E-state index contributed by atoms with van der Waals surface area (Å²) in [5.41, 5.74) is 2.86. The molecule has 3 atom stereocenters. The Hall–Kier alpha value is -0.120. The van der Waals surface area contributed by atoms with Gasteiger partial charge in [-0.05, 0) is 25.3 Å². The molecular formula is C6H13N3. The molecular weight excluding hydrogens is 114 g/mol. The van der Waals surface area contributed by atoms with Gasteiger partial charge in [0.15, 0.2) is 0 Å². The van der Waals surface area contributed by atoms with E-state index in [9.17, 15) is 0 Å². The van der Waals surface area contributed by atoms with E-state index in [1.165, 1.54) is 19.4 Å². The highest BCUT2D eigenvalue weighted by Gasteiger charge is 2.38. The van der Waals surface area contributed by atoms with Gasteiger partial charge in [-0.3, -0.25) is 11.3 Å². The first-order chi connectivity index (χ1) is 4.40. The van der Waals surface area contributed by atoms with E-state index in [-0.39, 0.29) is 0 Å². The van der Waals surface area contributed by atoms with Gasteiger partial charge in [0.1, 0.15) is 0 Å². The van der Waals surface area contributed by atoms with Crippen molar-refractivity contribution in [3.63, 3.8) is 0 Å². The highest BCUT2D eigenvalue weighted by atomic mass is 15.3. The Balaban J connectivity index is 2.01. The maximum Gasteiger partial charge on any atom is 0.0266 e. The van der Waals surface area contributed by atoms with Crippen molar-refractivity contribution in [2.24, 2.45) is 11.8 Å². The summed E-state index contributed by atoms with van der Waals surface area (Å²) in [5, 5.41) is 3.42. The number of piperidine rings is 1. The zero-order valence-electron chi connectivity index (χ0n) is 5.43. The number of fused-ring (bicyclic) bond motifs is 2. The summed E-state index contributed by atoms with van der Waals surface area (Å²) in [5.74, 6) is 6.15. The standard InChI is InChI=1S/C6H13N3/c7-9-6-2-5-1-4(6)3-8-5/h4-6,8-9H,1-3,7H2/t4-,5-,6?/m0/s1. The number of nitrogens with two attached hydrogens (primary N) is 1. The molecule has 0 aromatic carbocycles. The first-order valence-electron chi connectivity index (χ1n) is 3.59. The summed E-state index contributed by atoms with van der Waals surface area (Å²) < 4.78 is 0. The second-order valence-corrected chi connectivity index (χ2v) is 3.11. The van der Waals surface area contributed by atoms with Crippen LogP contribution in [0.2, 0.25) is 0 Å². The maximum atomic E-state index is 5.34. The fourth-order valence-electron chi connectivity index (χ4n) is 2.04. The van der Waals surface area contributed by atoms with Crippen molar-refractivity contribution in [3.8, 4) is 0 Å². The van der Waals surface area contributed by atoms with Gasteiger partial charge in [0.05, 0.1) is 0 Å². The number of hydrogen-bond donors (Lipinski definition) is 3. The molecule has 3 nitrogen and oxygen atoms in total. The molecule has 1 saturated heterocycles. The lowest BCUT2D eigenvalue weighted by atomic mass is 10.1. The van der Waals surface area contributed by atoms with Crippen molar-refractivity contribution in [2.45, 2.75) is 24.9 Å². The van der Waals surface area contributed by atoms with E-state index >= 15 is 0 Å². The second-order valence-electron chi connectivity index (χ2n) is 3.11. The van der Waals surface area contributed by atoms with Crippen molar-refractivity contribution < 1.29 is 0 Å². The normalized spacial score (nSPS) is 48.3. The Labute approximate surface area is 55.0 Å². The van der Waals surface area contributed by atoms with Gasteiger partial charge in [-0.25, -0.2) is 0 Å². The van der Waals surface area contributed by atoms with Crippen molar-refractivity contribution in [1.82, 2.24) is 10.7 Å². The van der Waals surface area contributed by atoms with Crippen molar-refractivity contribution in [1.29, 1.82) is 0 Å². The summed E-state index contributed by atoms with van der Waals surface area (Å²) in [6.07, 6.45) is 2.55. The Bertz CT molecular complexity index is 115. The molecule has 1 unspecified atom stereocenters. The van der Waals surface area contributed by atoms with Gasteiger partial charge in [0.25, 0.3) is 0 Å². The van der Waals surface area contributed by atoms with Gasteiger partial charge < -0.3 is 5.32 Å². The third-order valence-electron chi connectivity index (χ3n) is 2.58. The molecule has 0 spiro atoms. The molecule has 4 N–H and O–H groups in total. The van der Waals surface area contributed by atoms with Crippen LogP contribution in [-0.2, 0) is 0 Å². The molecule has 2 aliphatic rings. The predicted octanol–water partition coefficient (Wildman–Crippen LogP) is -0.800. The summed E-state index contributed by atoms with van der Waals surface area (Å²) in [4.78, 5) is 0. The molecule has 0 amide bonds. The maximum absolute atomic E-state index is 5.34. The molecule has 9 heavy (non-hydrogen) atoms. The van der Waals surface area contributed by atoms with Crippen LogP contribution < -0.4 is 16.6 Å². The molecule has 2 rings (SSSR count). The third-order valence-corrected chi connectivity index (χ3v) is 2.58. The highest BCUT2D eigenvalue weighted by molar-refractivity contribution is 4.97. The molecule has 1 heterocycles. The van der Waals surface area contributed by atoms with E-state index in [4.69, 9.17) is 5.84 Å². The molecule has 52 valence electrons. The molecule has 1 saturated carbocycles. The van der Waals surface area contributed by atoms with Gasteiger partial charge in [-0.1, -0.05) is 0 Å². The van der Waals surface area contributed by atoms with Crippen LogP contribution in [-0.4, -0.2) is 18.6 Å². The molecule has 2 fully saturated rings. The zero-order valence-corrected chi connectivity index (χ0v) is 5.43. The molecule has 0 aromatic rings. The van der Waals surface area contributed by atoms with Crippen molar-refractivity contribution in [3.05, 3.63) is 0 Å². The van der Waals surface area contributed by atoms with E-state index in [2.05, 4.69) is 10.7 Å². The van der Waals surface area contributed by atoms with Crippen molar-refractivity contribution in [2.75, 3.05) is 6.54 Å². The molecule has 1 aliphatic heterocycles. The summed E-state index contributed by atoms with van der Waals surface area (Å²) in [6, 6.07) is 1.35. The van der Waals surface area contributed by atoms with E-state index in [0.29, 0.717) is 6.04 Å². The number of hydrazine groups is 1. The van der Waals surface area contributed by atoms with E-state index in [1.807, 2.05) is 0 Å². The smallest absolute Gasteiger partial charge is 0.0266 e. The van der Waals surface area contributed by atoms with Gasteiger partial charge >= 0.3 is 0 Å². The fourth-order valence-corrected chi connectivity index (χ4v) is 2.04. The van der Waals surface area contributed by atoms with Gasteiger partial charge in [0, 0.05) is 12.1 Å². The average molecular weight is 127 g/mol. The molecule has 1 aliphatic carbocycles. The Morgan fingerprint density at radius 2 is 2.33 bits per heavy atom. The van der Waals surface area contributed by atoms with E-state index < -0.39 is 0 Å². The lowest BCUT2D eigenvalue weighted by Crippen LogP contribution is -2.44. The van der Waals surface area contributed by atoms with Gasteiger partial charge in [-0.15, -0.1) is 0 Å². The Kier molecular flexibility index (Phi) is 1.22. The summed E-state index contributed by atoms with van der Waals surface area (Å²) in [6.45, 7) is 1.17. The zero-order chi connectivity index (χ0) is 6.27. The molecule has 0 aromatic heterocycles. The summed E-state index contributed by atoms with van der Waals surface area (Å²) in [7, 11) is 0. The minimum Gasteiger partial charge on any atom is -0.314 e. The van der Waals surface area contributed by atoms with E-state index in [0.717, 1.165) is 12.0 Å².